The van der Waals surface area contributed by atoms with E-state index in [1.165, 1.54) is 6.07 Å². The van der Waals surface area contributed by atoms with Gasteiger partial charge in [-0.15, -0.1) is 0 Å². The fourth-order valence-electron chi connectivity index (χ4n) is 2.45. The van der Waals surface area contributed by atoms with Gasteiger partial charge in [0.15, 0.2) is 0 Å². The molecule has 3 aromatic heterocycles. The molecule has 6 heteroatoms. The third kappa shape index (κ3) is 2.57. The molecule has 4 rings (SSSR count). The van der Waals surface area contributed by atoms with Gasteiger partial charge in [-0.1, -0.05) is 30.3 Å². The van der Waals surface area contributed by atoms with Crippen molar-refractivity contribution in [1.82, 2.24) is 19.9 Å². The Kier molecular flexibility index (Phi) is 3.12. The predicted molar refractivity (Wildman–Crippen MR) is 89.7 cm³/mol. The molecule has 0 aliphatic rings. The van der Waals surface area contributed by atoms with Crippen LogP contribution in [0.2, 0.25) is 0 Å². The molecule has 3 heterocycles. The highest BCUT2D eigenvalue weighted by molar-refractivity contribution is 5.89. The second-order valence-electron chi connectivity index (χ2n) is 5.07. The molecule has 112 valence electrons. The molecule has 0 unspecified atom stereocenters. The molecule has 0 radical (unpaired) electrons. The van der Waals surface area contributed by atoms with E-state index in [0.29, 0.717) is 11.6 Å². The lowest BCUT2D eigenvalue weighted by Gasteiger charge is -2.06. The van der Waals surface area contributed by atoms with Gasteiger partial charge in [-0.2, -0.15) is 0 Å². The maximum Gasteiger partial charge on any atom is 0.252 e. The van der Waals surface area contributed by atoms with Crippen LogP contribution in [0.25, 0.3) is 22.3 Å². The van der Waals surface area contributed by atoms with Crippen molar-refractivity contribution < 1.29 is 0 Å². The molecule has 0 spiro atoms. The third-order valence-electron chi connectivity index (χ3n) is 3.50. The number of fused-ring (bicyclic) bond motifs is 1. The van der Waals surface area contributed by atoms with Gasteiger partial charge >= 0.3 is 0 Å². The highest BCUT2D eigenvalue weighted by Crippen LogP contribution is 2.23. The first-order valence-corrected chi connectivity index (χ1v) is 7.15. The van der Waals surface area contributed by atoms with E-state index in [4.69, 9.17) is 0 Å². The van der Waals surface area contributed by atoms with Crippen LogP contribution in [0.3, 0.4) is 0 Å². The zero-order valence-electron chi connectivity index (χ0n) is 12.1. The number of rotatable bonds is 3. The summed E-state index contributed by atoms with van der Waals surface area (Å²) >= 11 is 0. The summed E-state index contributed by atoms with van der Waals surface area (Å²) in [6.07, 6.45) is 3.52. The zero-order chi connectivity index (χ0) is 15.6. The van der Waals surface area contributed by atoms with Crippen LogP contribution in [-0.2, 0) is 0 Å². The number of aromatic amines is 2. The number of aromatic nitrogens is 4. The van der Waals surface area contributed by atoms with Crippen molar-refractivity contribution >= 4 is 22.7 Å². The van der Waals surface area contributed by atoms with Crippen LogP contribution in [0.1, 0.15) is 0 Å². The highest BCUT2D eigenvalue weighted by atomic mass is 16.1. The third-order valence-corrected chi connectivity index (χ3v) is 3.50. The van der Waals surface area contributed by atoms with Crippen molar-refractivity contribution in [3.63, 3.8) is 0 Å². The van der Waals surface area contributed by atoms with Gasteiger partial charge in [-0.05, 0) is 12.1 Å². The molecule has 0 aliphatic heterocycles. The summed E-state index contributed by atoms with van der Waals surface area (Å²) in [6.45, 7) is 0. The molecule has 0 fully saturated rings. The van der Waals surface area contributed by atoms with Gasteiger partial charge in [-0.3, -0.25) is 14.8 Å². The molecule has 3 N–H and O–H groups in total. The first-order valence-electron chi connectivity index (χ1n) is 7.15. The summed E-state index contributed by atoms with van der Waals surface area (Å²) < 4.78 is 0. The molecule has 23 heavy (non-hydrogen) atoms. The van der Waals surface area contributed by atoms with Gasteiger partial charge in [0.1, 0.15) is 5.52 Å². The Labute approximate surface area is 131 Å². The van der Waals surface area contributed by atoms with E-state index in [9.17, 15) is 4.79 Å². The van der Waals surface area contributed by atoms with Gasteiger partial charge in [0.25, 0.3) is 5.56 Å². The largest absolute Gasteiger partial charge is 0.358 e. The maximum atomic E-state index is 11.9. The topological polar surface area (TPSA) is 86.5 Å². The summed E-state index contributed by atoms with van der Waals surface area (Å²) in [6, 6.07) is 14.9. The molecular weight excluding hydrogens is 290 g/mol. The molecule has 0 bridgehead atoms. The zero-order valence-corrected chi connectivity index (χ0v) is 12.1. The Morgan fingerprint density at radius 3 is 2.78 bits per heavy atom. The van der Waals surface area contributed by atoms with Crippen molar-refractivity contribution in [1.29, 1.82) is 0 Å². The first kappa shape index (κ1) is 13.3. The average molecular weight is 303 g/mol. The fourth-order valence-corrected chi connectivity index (χ4v) is 2.45. The maximum absolute atomic E-state index is 11.9. The molecule has 1 aromatic carbocycles. The molecule has 0 atom stereocenters. The van der Waals surface area contributed by atoms with E-state index in [1.54, 1.807) is 12.4 Å². The van der Waals surface area contributed by atoms with Gasteiger partial charge < -0.3 is 10.3 Å². The monoisotopic (exact) mass is 303 g/mol. The first-order chi connectivity index (χ1) is 11.3. The van der Waals surface area contributed by atoms with Crippen molar-refractivity contribution in [2.75, 3.05) is 5.32 Å². The van der Waals surface area contributed by atoms with Crippen LogP contribution in [0, 0.1) is 0 Å². The summed E-state index contributed by atoms with van der Waals surface area (Å²) in [5.41, 5.74) is 3.75. The smallest absolute Gasteiger partial charge is 0.252 e. The molecular formula is C17H13N5O. The minimum absolute atomic E-state index is 0.214. The average Bonchev–Trinajstić information content (AvgIpc) is 2.98. The van der Waals surface area contributed by atoms with Crippen molar-refractivity contribution in [2.45, 2.75) is 0 Å². The lowest BCUT2D eigenvalue weighted by molar-refractivity contribution is 1.13. The van der Waals surface area contributed by atoms with Gasteiger partial charge in [0.05, 0.1) is 16.9 Å². The van der Waals surface area contributed by atoms with E-state index in [0.717, 1.165) is 22.3 Å². The Morgan fingerprint density at radius 2 is 1.91 bits per heavy atom. The Hall–Kier alpha value is -3.41. The standard InChI is InChI=1S/C17H13N5O/c23-15-9-13(11-5-2-1-3-6-11)20-17(22-15)21-14-10-19-12-7-4-8-18-16(12)14/h1-10,19H,(H2,20,21,22,23). The van der Waals surface area contributed by atoms with E-state index in [-0.39, 0.29) is 5.56 Å². The Morgan fingerprint density at radius 1 is 1.04 bits per heavy atom. The second-order valence-corrected chi connectivity index (χ2v) is 5.07. The number of nitrogens with zero attached hydrogens (tertiary/aromatic N) is 2. The summed E-state index contributed by atoms with van der Waals surface area (Å²) in [4.78, 5) is 26.5. The summed E-state index contributed by atoms with van der Waals surface area (Å²) in [5, 5.41) is 3.12. The van der Waals surface area contributed by atoms with Crippen LogP contribution >= 0.6 is 0 Å². The van der Waals surface area contributed by atoms with Crippen molar-refractivity contribution in [3.8, 4) is 11.3 Å². The second kappa shape index (κ2) is 5.42. The van der Waals surface area contributed by atoms with Gasteiger partial charge in [-0.25, -0.2) is 4.98 Å². The van der Waals surface area contributed by atoms with Crippen molar-refractivity contribution in [2.24, 2.45) is 0 Å². The van der Waals surface area contributed by atoms with E-state index < -0.39 is 0 Å². The molecule has 4 aromatic rings. The molecule has 0 saturated carbocycles. The Balaban J connectivity index is 1.75. The van der Waals surface area contributed by atoms with Gasteiger partial charge in [0.2, 0.25) is 5.95 Å². The number of benzene rings is 1. The van der Waals surface area contributed by atoms with E-state index in [1.807, 2.05) is 42.5 Å². The number of H-pyrrole nitrogens is 2. The summed E-state index contributed by atoms with van der Waals surface area (Å²) in [7, 11) is 0. The van der Waals surface area contributed by atoms with Crippen LogP contribution in [0.5, 0.6) is 0 Å². The minimum Gasteiger partial charge on any atom is -0.358 e. The van der Waals surface area contributed by atoms with Crippen LogP contribution in [-0.4, -0.2) is 19.9 Å². The number of pyridine rings is 1. The highest BCUT2D eigenvalue weighted by Gasteiger charge is 2.08. The molecule has 6 nitrogen and oxygen atoms in total. The number of anilines is 2. The number of hydrogen-bond acceptors (Lipinski definition) is 4. The molecule has 0 saturated heterocycles. The normalized spacial score (nSPS) is 10.8. The lowest BCUT2D eigenvalue weighted by Crippen LogP contribution is -2.10. The number of hydrogen-bond donors (Lipinski definition) is 3. The fraction of sp³-hybridized carbons (Fsp3) is 0. The SMILES string of the molecule is O=c1cc(-c2ccccc2)nc(Nc2c[nH]c3cccnc23)[nH]1. The summed E-state index contributed by atoms with van der Waals surface area (Å²) in [5.74, 6) is 0.378. The van der Waals surface area contributed by atoms with Gasteiger partial charge in [0, 0.05) is 24.0 Å². The molecule has 0 amide bonds. The van der Waals surface area contributed by atoms with Crippen LogP contribution in [0.4, 0.5) is 11.6 Å². The minimum atomic E-state index is -0.214. The van der Waals surface area contributed by atoms with E-state index in [2.05, 4.69) is 25.3 Å². The number of nitrogens with one attached hydrogen (secondary N) is 3. The Bertz CT molecular complexity index is 1020. The van der Waals surface area contributed by atoms with Crippen LogP contribution < -0.4 is 10.9 Å². The van der Waals surface area contributed by atoms with Crippen LogP contribution in [0.15, 0.2) is 65.7 Å². The predicted octanol–water partition coefficient (Wildman–Crippen LogP) is 3.06. The quantitative estimate of drug-likeness (QED) is 0.543. The lowest BCUT2D eigenvalue weighted by atomic mass is 10.1. The van der Waals surface area contributed by atoms with E-state index >= 15 is 0 Å². The van der Waals surface area contributed by atoms with Crippen molar-refractivity contribution in [3.05, 3.63) is 71.3 Å². The molecule has 0 aliphatic carbocycles.